The van der Waals surface area contributed by atoms with Crippen molar-refractivity contribution in [2.24, 2.45) is 0 Å². The van der Waals surface area contributed by atoms with Crippen LogP contribution in [0.25, 0.3) is 0 Å². The number of halogens is 1. The summed E-state index contributed by atoms with van der Waals surface area (Å²) in [5, 5.41) is 0.221. The number of nitrogens with two attached hydrogens (primary N) is 2. The monoisotopic (exact) mass is 173 g/mol. The quantitative estimate of drug-likeness (QED) is 0.619. The molecule has 1 rings (SSSR count). The minimum absolute atomic E-state index is 0.221. The lowest BCUT2D eigenvalue weighted by molar-refractivity contribution is 0.415. The Morgan fingerprint density at radius 1 is 1.55 bits per heavy atom. The highest BCUT2D eigenvalue weighted by Gasteiger charge is 2.08. The van der Waals surface area contributed by atoms with Gasteiger partial charge in [-0.15, -0.1) is 0 Å². The van der Waals surface area contributed by atoms with Gasteiger partial charge in [-0.3, -0.25) is 0 Å². The second-order valence-electron chi connectivity index (χ2n) is 1.95. The third kappa shape index (κ3) is 1.30. The molecule has 0 aromatic carbocycles. The van der Waals surface area contributed by atoms with Gasteiger partial charge in [-0.05, 0) is 0 Å². The molecule has 0 amide bonds. The van der Waals surface area contributed by atoms with Gasteiger partial charge in [-0.25, -0.2) is 4.98 Å². The smallest absolute Gasteiger partial charge is 0.181 e. The van der Waals surface area contributed by atoms with E-state index in [4.69, 9.17) is 27.8 Å². The van der Waals surface area contributed by atoms with Crippen molar-refractivity contribution in [3.63, 3.8) is 0 Å². The molecule has 0 spiro atoms. The van der Waals surface area contributed by atoms with Gasteiger partial charge in [0.2, 0.25) is 0 Å². The van der Waals surface area contributed by atoms with E-state index in [1.54, 1.807) is 0 Å². The van der Waals surface area contributed by atoms with Crippen LogP contribution in [0.15, 0.2) is 6.20 Å². The number of anilines is 2. The maximum Gasteiger partial charge on any atom is 0.181 e. The van der Waals surface area contributed by atoms with Crippen LogP contribution in [0, 0.1) is 0 Å². The zero-order chi connectivity index (χ0) is 8.43. The fourth-order valence-corrected chi connectivity index (χ4v) is 0.919. The average Bonchev–Trinajstić information content (AvgIpc) is 1.99. The van der Waals surface area contributed by atoms with Crippen molar-refractivity contribution >= 4 is 23.0 Å². The van der Waals surface area contributed by atoms with Gasteiger partial charge in [0.25, 0.3) is 0 Å². The highest BCUT2D eigenvalue weighted by atomic mass is 35.5. The van der Waals surface area contributed by atoms with Crippen LogP contribution in [-0.2, 0) is 0 Å². The number of pyridine rings is 1. The standard InChI is InChI=1S/C6H8ClN3O/c1-11-5-4(9)3(8)2-10-6(5)7/h2H,8H2,1H3,(H2,9,10). The number of nitrogens with zero attached hydrogens (tertiary/aromatic N) is 1. The molecule has 0 atom stereocenters. The molecule has 0 radical (unpaired) electrons. The van der Waals surface area contributed by atoms with Crippen LogP contribution < -0.4 is 16.2 Å². The average molecular weight is 174 g/mol. The predicted molar refractivity (Wildman–Crippen MR) is 44.6 cm³/mol. The van der Waals surface area contributed by atoms with Crippen LogP contribution >= 0.6 is 11.6 Å². The van der Waals surface area contributed by atoms with Crippen molar-refractivity contribution < 1.29 is 4.74 Å². The number of hydrogen-bond donors (Lipinski definition) is 2. The Kier molecular flexibility index (Phi) is 2.05. The summed E-state index contributed by atoms with van der Waals surface area (Å²) >= 11 is 5.63. The van der Waals surface area contributed by atoms with Crippen LogP contribution in [0.3, 0.4) is 0 Å². The molecule has 1 aromatic rings. The summed E-state index contributed by atoms with van der Waals surface area (Å²) in [5.41, 5.74) is 11.7. The molecular weight excluding hydrogens is 166 g/mol. The van der Waals surface area contributed by atoms with Gasteiger partial charge in [0.05, 0.1) is 19.0 Å². The molecule has 0 unspecified atom stereocenters. The lowest BCUT2D eigenvalue weighted by Gasteiger charge is -2.06. The number of hydrogen-bond acceptors (Lipinski definition) is 4. The van der Waals surface area contributed by atoms with Gasteiger partial charge in [0, 0.05) is 0 Å². The van der Waals surface area contributed by atoms with E-state index in [-0.39, 0.29) is 5.15 Å². The minimum Gasteiger partial charge on any atom is -0.491 e. The van der Waals surface area contributed by atoms with Crippen molar-refractivity contribution in [1.29, 1.82) is 0 Å². The highest BCUT2D eigenvalue weighted by Crippen LogP contribution is 2.32. The molecule has 1 aromatic heterocycles. The van der Waals surface area contributed by atoms with Crippen LogP contribution in [0.1, 0.15) is 0 Å². The molecule has 0 bridgehead atoms. The first-order valence-electron chi connectivity index (χ1n) is 2.90. The van der Waals surface area contributed by atoms with E-state index in [2.05, 4.69) is 4.98 Å². The number of ether oxygens (including phenoxy) is 1. The lowest BCUT2D eigenvalue weighted by atomic mass is 10.3. The van der Waals surface area contributed by atoms with Crippen molar-refractivity contribution in [2.45, 2.75) is 0 Å². The summed E-state index contributed by atoms with van der Waals surface area (Å²) in [4.78, 5) is 3.75. The van der Waals surface area contributed by atoms with Crippen LogP contribution in [0.5, 0.6) is 5.75 Å². The van der Waals surface area contributed by atoms with Crippen molar-refractivity contribution in [3.05, 3.63) is 11.3 Å². The lowest BCUT2D eigenvalue weighted by Crippen LogP contribution is -1.99. The number of methoxy groups -OCH3 is 1. The third-order valence-electron chi connectivity index (χ3n) is 1.26. The van der Waals surface area contributed by atoms with Crippen LogP contribution in [0.2, 0.25) is 5.15 Å². The van der Waals surface area contributed by atoms with Gasteiger partial charge >= 0.3 is 0 Å². The van der Waals surface area contributed by atoms with Crippen LogP contribution in [-0.4, -0.2) is 12.1 Å². The zero-order valence-corrected chi connectivity index (χ0v) is 6.72. The van der Waals surface area contributed by atoms with E-state index in [0.29, 0.717) is 17.1 Å². The summed E-state index contributed by atoms with van der Waals surface area (Å²) in [7, 11) is 1.46. The molecular formula is C6H8ClN3O. The van der Waals surface area contributed by atoms with E-state index in [0.717, 1.165) is 0 Å². The number of aromatic nitrogens is 1. The van der Waals surface area contributed by atoms with E-state index in [1.807, 2.05) is 0 Å². The summed E-state index contributed by atoms with van der Waals surface area (Å²) in [6.45, 7) is 0. The van der Waals surface area contributed by atoms with Gasteiger partial charge in [-0.2, -0.15) is 0 Å². The van der Waals surface area contributed by atoms with Gasteiger partial charge in [0.1, 0.15) is 5.69 Å². The Morgan fingerprint density at radius 2 is 2.18 bits per heavy atom. The molecule has 0 aliphatic heterocycles. The molecule has 0 aliphatic rings. The van der Waals surface area contributed by atoms with E-state index >= 15 is 0 Å². The number of nitrogen functional groups attached to an aromatic ring is 2. The van der Waals surface area contributed by atoms with Crippen molar-refractivity contribution in [2.75, 3.05) is 18.6 Å². The van der Waals surface area contributed by atoms with Crippen molar-refractivity contribution in [3.8, 4) is 5.75 Å². The zero-order valence-electron chi connectivity index (χ0n) is 5.97. The summed E-state index contributed by atoms with van der Waals surface area (Å²) < 4.78 is 4.86. The normalized spacial score (nSPS) is 9.64. The Morgan fingerprint density at radius 3 is 2.64 bits per heavy atom. The maximum absolute atomic E-state index is 5.63. The first-order chi connectivity index (χ1) is 5.16. The van der Waals surface area contributed by atoms with Gasteiger partial charge in [0.15, 0.2) is 10.9 Å². The van der Waals surface area contributed by atoms with E-state index < -0.39 is 0 Å². The first-order valence-corrected chi connectivity index (χ1v) is 3.28. The second kappa shape index (κ2) is 2.84. The third-order valence-corrected chi connectivity index (χ3v) is 1.53. The summed E-state index contributed by atoms with van der Waals surface area (Å²) in [6, 6.07) is 0. The SMILES string of the molecule is COc1c(Cl)ncc(N)c1N. The topological polar surface area (TPSA) is 74.2 Å². The Hall–Kier alpha value is -1.16. The fraction of sp³-hybridized carbons (Fsp3) is 0.167. The molecule has 4 N–H and O–H groups in total. The molecule has 60 valence electrons. The molecule has 0 fully saturated rings. The molecule has 11 heavy (non-hydrogen) atoms. The summed E-state index contributed by atoms with van der Waals surface area (Å²) in [5.74, 6) is 0.326. The minimum atomic E-state index is 0.221. The highest BCUT2D eigenvalue weighted by molar-refractivity contribution is 6.31. The molecule has 1 heterocycles. The molecule has 0 saturated carbocycles. The molecule has 0 aliphatic carbocycles. The molecule has 4 nitrogen and oxygen atoms in total. The predicted octanol–water partition coefficient (Wildman–Crippen LogP) is 0.908. The van der Waals surface area contributed by atoms with E-state index in [1.165, 1.54) is 13.3 Å². The van der Waals surface area contributed by atoms with Crippen molar-refractivity contribution in [1.82, 2.24) is 4.98 Å². The maximum atomic E-state index is 5.63. The Labute approximate surface area is 69.1 Å². The van der Waals surface area contributed by atoms with Gasteiger partial charge < -0.3 is 16.2 Å². The Balaban J connectivity index is 3.29. The van der Waals surface area contributed by atoms with Crippen LogP contribution in [0.4, 0.5) is 11.4 Å². The van der Waals surface area contributed by atoms with E-state index in [9.17, 15) is 0 Å². The first kappa shape index (κ1) is 7.94. The largest absolute Gasteiger partial charge is 0.491 e. The van der Waals surface area contributed by atoms with Gasteiger partial charge in [-0.1, -0.05) is 11.6 Å². The fourth-order valence-electron chi connectivity index (χ4n) is 0.691. The Bertz CT molecular complexity index is 277. The molecule has 0 saturated heterocycles. The summed E-state index contributed by atoms with van der Waals surface area (Å²) in [6.07, 6.45) is 1.39. The number of rotatable bonds is 1. The molecule has 5 heteroatoms. The second-order valence-corrected chi connectivity index (χ2v) is 2.31.